The molecule has 0 aliphatic rings. The largest absolute Gasteiger partial charge is 0.545 e. The van der Waals surface area contributed by atoms with Crippen LogP contribution in [0.1, 0.15) is 102 Å². The van der Waals surface area contributed by atoms with Gasteiger partial charge in [0.05, 0.1) is 23.9 Å². The van der Waals surface area contributed by atoms with E-state index in [1.807, 2.05) is 0 Å². The molecule has 0 atom stereocenters. The van der Waals surface area contributed by atoms with Gasteiger partial charge in [0, 0.05) is 0 Å². The van der Waals surface area contributed by atoms with Crippen LogP contribution in [0.15, 0.2) is 84.0 Å². The SMILES string of the molecule is CCCCCCC[CH2][Sn+4][CH2]CCCCCCC.O=C([O-])/C=C(/Cc1ccccc1)C(=O)[O-].O=C([O-])/C=C(/Cc1ccccc1)C(=O)[O-]. The molecule has 0 amide bonds. The van der Waals surface area contributed by atoms with Gasteiger partial charge in [-0.15, -0.1) is 0 Å². The average molecular weight is 754 g/mol. The summed E-state index contributed by atoms with van der Waals surface area (Å²) in [5.41, 5.74) is 0.797. The molecule has 0 bridgehead atoms. The second-order valence-electron chi connectivity index (χ2n) is 11.2. The monoisotopic (exact) mass is 754 g/mol. The van der Waals surface area contributed by atoms with Gasteiger partial charge in [0.2, 0.25) is 0 Å². The van der Waals surface area contributed by atoms with Crippen LogP contribution in [0.3, 0.4) is 0 Å². The summed E-state index contributed by atoms with van der Waals surface area (Å²) in [6, 6.07) is 17.3. The molecule has 0 aromatic heterocycles. The zero-order valence-electron chi connectivity index (χ0n) is 28.0. The third-order valence-electron chi connectivity index (χ3n) is 7.00. The van der Waals surface area contributed by atoms with Crippen LogP contribution >= 0.6 is 0 Å². The standard InChI is InChI=1S/2C11H10O4.2C8H17.Sn/c2*12-10(13)7-9(11(14)15)6-8-4-2-1-3-5-8;2*1-3-5-7-8-6-4-2;/h2*1-5,7H,6H2,(H,12,13)(H,14,15);2*1,3-8H2,2H3;/q;;;;+4/p-4/b2*9-7-;;;. The fraction of sp³-hybridized carbons (Fsp3) is 0.474. The Morgan fingerprint density at radius 1 is 0.511 bits per heavy atom. The first-order valence-electron chi connectivity index (χ1n) is 16.6. The Labute approximate surface area is 291 Å². The Morgan fingerprint density at radius 3 is 1.13 bits per heavy atom. The van der Waals surface area contributed by atoms with Gasteiger partial charge in [-0.05, 0) is 47.3 Å². The van der Waals surface area contributed by atoms with Crippen molar-refractivity contribution in [3.05, 3.63) is 95.1 Å². The Bertz CT molecular complexity index is 1100. The summed E-state index contributed by atoms with van der Waals surface area (Å²) in [6.45, 7) is 4.60. The van der Waals surface area contributed by atoms with Gasteiger partial charge in [0.15, 0.2) is 0 Å². The molecule has 9 heteroatoms. The molecule has 254 valence electrons. The molecule has 0 unspecified atom stereocenters. The van der Waals surface area contributed by atoms with Crippen molar-refractivity contribution < 1.29 is 39.6 Å². The van der Waals surface area contributed by atoms with Gasteiger partial charge in [0.25, 0.3) is 0 Å². The summed E-state index contributed by atoms with van der Waals surface area (Å²) in [5, 5.41) is 41.6. The van der Waals surface area contributed by atoms with E-state index >= 15 is 0 Å². The Balaban J connectivity index is 0.000000677. The van der Waals surface area contributed by atoms with Crippen LogP contribution in [0.4, 0.5) is 0 Å². The molecule has 2 aromatic carbocycles. The zero-order valence-corrected chi connectivity index (χ0v) is 30.9. The summed E-state index contributed by atoms with van der Waals surface area (Å²) < 4.78 is 3.31. The third-order valence-corrected chi connectivity index (χ3v) is 11.0. The van der Waals surface area contributed by atoms with Crippen LogP contribution in [0, 0.1) is 0 Å². The van der Waals surface area contributed by atoms with Gasteiger partial charge in [-0.25, -0.2) is 0 Å². The first kappa shape index (κ1) is 43.6. The van der Waals surface area contributed by atoms with Gasteiger partial charge >= 0.3 is 121 Å². The van der Waals surface area contributed by atoms with E-state index in [1.54, 1.807) is 82.4 Å². The van der Waals surface area contributed by atoms with Crippen molar-refractivity contribution in [2.24, 2.45) is 0 Å². The van der Waals surface area contributed by atoms with Crippen LogP contribution in [-0.2, 0) is 32.0 Å². The van der Waals surface area contributed by atoms with E-state index in [2.05, 4.69) is 13.8 Å². The number of carbonyl (C=O) groups is 4. The summed E-state index contributed by atoms with van der Waals surface area (Å²) in [6.07, 6.45) is 18.9. The number of unbranched alkanes of at least 4 members (excludes halogenated alkanes) is 10. The summed E-state index contributed by atoms with van der Waals surface area (Å²) >= 11 is 0.0736. The van der Waals surface area contributed by atoms with Crippen molar-refractivity contribution >= 4 is 45.0 Å². The van der Waals surface area contributed by atoms with Crippen LogP contribution < -0.4 is 20.4 Å². The number of carbonyl (C=O) groups excluding carboxylic acids is 4. The van der Waals surface area contributed by atoms with Gasteiger partial charge in [-0.3, -0.25) is 0 Å². The summed E-state index contributed by atoms with van der Waals surface area (Å²) in [7, 11) is 0. The van der Waals surface area contributed by atoms with Gasteiger partial charge in [0.1, 0.15) is 0 Å². The summed E-state index contributed by atoms with van der Waals surface area (Å²) in [5.74, 6) is -6.07. The Kier molecular flexibility index (Phi) is 27.8. The molecule has 2 rings (SSSR count). The first-order chi connectivity index (χ1) is 22.6. The van der Waals surface area contributed by atoms with Gasteiger partial charge in [-0.1, -0.05) is 60.7 Å². The van der Waals surface area contributed by atoms with Crippen LogP contribution in [0.5, 0.6) is 0 Å². The molecule has 0 N–H and O–H groups in total. The predicted molar refractivity (Wildman–Crippen MR) is 179 cm³/mol. The van der Waals surface area contributed by atoms with Crippen molar-refractivity contribution in [2.45, 2.75) is 113 Å². The van der Waals surface area contributed by atoms with Crippen LogP contribution in [0.25, 0.3) is 0 Å². The molecule has 0 heterocycles. The van der Waals surface area contributed by atoms with E-state index in [-0.39, 0.29) is 45.1 Å². The second-order valence-corrected chi connectivity index (χ2v) is 15.4. The maximum absolute atomic E-state index is 10.6. The molecule has 0 spiro atoms. The van der Waals surface area contributed by atoms with E-state index in [1.165, 1.54) is 64.2 Å². The van der Waals surface area contributed by atoms with Gasteiger partial charge < -0.3 is 39.6 Å². The third kappa shape index (κ3) is 27.4. The number of rotatable bonds is 22. The van der Waals surface area contributed by atoms with Crippen LogP contribution in [-0.4, -0.2) is 45.0 Å². The number of carboxylic acid groups (broad SMARTS) is 4. The molecular weight excluding hydrogens is 703 g/mol. The Hall–Kier alpha value is -3.40. The average Bonchev–Trinajstić information content (AvgIpc) is 3.04. The minimum atomic E-state index is -1.54. The molecule has 2 aromatic rings. The molecule has 47 heavy (non-hydrogen) atoms. The number of hydrogen-bond donors (Lipinski definition) is 0. The number of aliphatic carboxylic acids is 4. The number of hydrogen-bond acceptors (Lipinski definition) is 8. The van der Waals surface area contributed by atoms with E-state index in [4.69, 9.17) is 0 Å². The second kappa shape index (κ2) is 30.0. The van der Waals surface area contributed by atoms with E-state index < -0.39 is 23.9 Å². The van der Waals surface area contributed by atoms with E-state index in [0.717, 1.165) is 0 Å². The minimum absolute atomic E-state index is 0.0111. The van der Waals surface area contributed by atoms with Gasteiger partial charge in [-0.2, -0.15) is 0 Å². The van der Waals surface area contributed by atoms with Crippen molar-refractivity contribution in [1.29, 1.82) is 0 Å². The molecule has 6 radical (unpaired) electrons. The normalized spacial score (nSPS) is 11.0. The molecule has 0 aliphatic heterocycles. The number of carboxylic acids is 4. The summed E-state index contributed by atoms with van der Waals surface area (Å²) in [4.78, 5) is 41.6. The van der Waals surface area contributed by atoms with Crippen molar-refractivity contribution in [3.63, 3.8) is 0 Å². The molecular formula is C38H50O8Sn. The maximum Gasteiger partial charge on any atom is 0.0678 e. The maximum atomic E-state index is 10.6. The quantitative estimate of drug-likeness (QED) is 0.100. The fourth-order valence-electron chi connectivity index (χ4n) is 4.47. The fourth-order valence-corrected chi connectivity index (χ4v) is 8.03. The van der Waals surface area contributed by atoms with Crippen molar-refractivity contribution in [3.8, 4) is 0 Å². The van der Waals surface area contributed by atoms with Crippen molar-refractivity contribution in [2.75, 3.05) is 0 Å². The van der Waals surface area contributed by atoms with Crippen molar-refractivity contribution in [1.82, 2.24) is 0 Å². The Morgan fingerprint density at radius 2 is 0.830 bits per heavy atom. The molecule has 8 nitrogen and oxygen atoms in total. The number of benzene rings is 2. The van der Waals surface area contributed by atoms with E-state index in [9.17, 15) is 39.6 Å². The molecule has 0 saturated carbocycles. The predicted octanol–water partition coefficient (Wildman–Crippen LogP) is 3.56. The van der Waals surface area contributed by atoms with Crippen LogP contribution in [0.2, 0.25) is 8.87 Å². The molecule has 0 fully saturated rings. The molecule has 0 saturated heterocycles. The van der Waals surface area contributed by atoms with E-state index in [0.29, 0.717) is 23.3 Å². The zero-order chi connectivity index (χ0) is 35.1. The minimum Gasteiger partial charge on any atom is -0.545 e. The first-order valence-corrected chi connectivity index (χ1v) is 20.7. The topological polar surface area (TPSA) is 161 Å². The smallest absolute Gasteiger partial charge is 0.0678 e. The molecule has 0 aliphatic carbocycles.